The molecule has 1 saturated carbocycles. The lowest BCUT2D eigenvalue weighted by atomic mass is 9.84. The van der Waals surface area contributed by atoms with Gasteiger partial charge in [-0.15, -0.1) is 0 Å². The van der Waals surface area contributed by atoms with Crippen molar-refractivity contribution in [2.75, 3.05) is 26.0 Å². The van der Waals surface area contributed by atoms with E-state index in [9.17, 15) is 9.18 Å². The molecule has 158 valence electrons. The van der Waals surface area contributed by atoms with Crippen LogP contribution in [0.4, 0.5) is 10.1 Å². The summed E-state index contributed by atoms with van der Waals surface area (Å²) in [5.74, 6) is 1.12. The monoisotopic (exact) mass is 400 g/mol. The summed E-state index contributed by atoms with van der Waals surface area (Å²) in [5.41, 5.74) is 3.22. The number of aryl methyl sites for hydroxylation is 1. The normalized spacial score (nSPS) is 13.9. The van der Waals surface area contributed by atoms with E-state index in [4.69, 9.17) is 4.74 Å². The van der Waals surface area contributed by atoms with Gasteiger partial charge in [0.2, 0.25) is 0 Å². The van der Waals surface area contributed by atoms with Gasteiger partial charge in [0.05, 0.1) is 5.69 Å². The molecule has 2 N–H and O–H groups in total. The highest BCUT2D eigenvalue weighted by Gasteiger charge is 2.17. The second kappa shape index (κ2) is 12.9. The molecule has 3 rings (SSSR count). The minimum atomic E-state index is -0.142. The number of carbonyl (C=O) groups excluding carboxylic acids is 1. The molecular formula is C24H33FN2O2. The predicted octanol–water partition coefficient (Wildman–Crippen LogP) is 5.29. The van der Waals surface area contributed by atoms with Crippen LogP contribution in [0.5, 0.6) is 5.75 Å². The van der Waals surface area contributed by atoms with Crippen LogP contribution in [0.2, 0.25) is 0 Å². The molecule has 1 aliphatic rings. The summed E-state index contributed by atoms with van der Waals surface area (Å²) in [6.45, 7) is 1.47. The van der Waals surface area contributed by atoms with Crippen LogP contribution in [0.3, 0.4) is 0 Å². The lowest BCUT2D eigenvalue weighted by molar-refractivity contribution is -0.120. The Morgan fingerprint density at radius 3 is 2.55 bits per heavy atom. The molecule has 29 heavy (non-hydrogen) atoms. The van der Waals surface area contributed by atoms with E-state index in [-0.39, 0.29) is 5.82 Å². The van der Waals surface area contributed by atoms with Crippen molar-refractivity contribution in [3.8, 4) is 5.75 Å². The van der Waals surface area contributed by atoms with E-state index < -0.39 is 0 Å². The van der Waals surface area contributed by atoms with Crippen molar-refractivity contribution in [1.82, 2.24) is 5.32 Å². The zero-order valence-corrected chi connectivity index (χ0v) is 17.5. The number of carbonyl (C=O) groups is 1. The Hall–Kier alpha value is -2.40. The Morgan fingerprint density at radius 2 is 1.90 bits per heavy atom. The fraction of sp³-hybridized carbons (Fsp3) is 0.458. The lowest BCUT2D eigenvalue weighted by Crippen LogP contribution is -2.08. The molecule has 0 aliphatic heterocycles. The van der Waals surface area contributed by atoms with Crippen LogP contribution in [0.15, 0.2) is 42.5 Å². The van der Waals surface area contributed by atoms with Crippen molar-refractivity contribution in [2.45, 2.75) is 50.9 Å². The molecule has 0 saturated heterocycles. The number of hydrogen-bond acceptors (Lipinski definition) is 4. The van der Waals surface area contributed by atoms with Crippen LogP contribution in [0.25, 0.3) is 0 Å². The number of ether oxygens (including phenoxy) is 1. The van der Waals surface area contributed by atoms with E-state index in [1.807, 2.05) is 32.3 Å². The largest absolute Gasteiger partial charge is 0.427 e. The van der Waals surface area contributed by atoms with Crippen LogP contribution in [0.1, 0.15) is 55.6 Å². The summed E-state index contributed by atoms with van der Waals surface area (Å²) in [7, 11) is 3.75. The van der Waals surface area contributed by atoms with Gasteiger partial charge in [0.25, 0.3) is 6.47 Å². The molecule has 0 radical (unpaired) electrons. The Balaban J connectivity index is 0.000000221. The summed E-state index contributed by atoms with van der Waals surface area (Å²) in [4.78, 5) is 10.5. The molecule has 0 bridgehead atoms. The van der Waals surface area contributed by atoms with E-state index in [1.54, 1.807) is 12.1 Å². The Labute approximate surface area is 173 Å². The first-order chi connectivity index (χ1) is 14.2. The van der Waals surface area contributed by atoms with E-state index >= 15 is 0 Å². The average Bonchev–Trinajstić information content (AvgIpc) is 2.75. The molecule has 0 amide bonds. The third kappa shape index (κ3) is 7.86. The summed E-state index contributed by atoms with van der Waals surface area (Å²) < 4.78 is 17.7. The van der Waals surface area contributed by atoms with Crippen LogP contribution in [0, 0.1) is 5.82 Å². The first kappa shape index (κ1) is 22.9. The van der Waals surface area contributed by atoms with Crippen LogP contribution < -0.4 is 15.4 Å². The van der Waals surface area contributed by atoms with Crippen molar-refractivity contribution in [1.29, 1.82) is 0 Å². The van der Waals surface area contributed by atoms with Gasteiger partial charge in [0.1, 0.15) is 5.82 Å². The highest BCUT2D eigenvalue weighted by molar-refractivity contribution is 5.62. The van der Waals surface area contributed by atoms with E-state index in [0.717, 1.165) is 30.6 Å². The van der Waals surface area contributed by atoms with E-state index in [1.165, 1.54) is 43.7 Å². The van der Waals surface area contributed by atoms with Gasteiger partial charge in [-0.25, -0.2) is 4.39 Å². The Bertz CT molecular complexity index is 745. The number of halogens is 1. The SMILES string of the molecule is CNCCCc1cccc(F)c1.CNc1ccc(C2CCCCC2)cc1OC=O. The molecule has 5 heteroatoms. The lowest BCUT2D eigenvalue weighted by Gasteiger charge is -2.22. The number of nitrogens with one attached hydrogen (secondary N) is 2. The van der Waals surface area contributed by atoms with Crippen molar-refractivity contribution in [3.05, 3.63) is 59.4 Å². The first-order valence-corrected chi connectivity index (χ1v) is 10.5. The minimum absolute atomic E-state index is 0.142. The van der Waals surface area contributed by atoms with Gasteiger partial charge < -0.3 is 15.4 Å². The fourth-order valence-electron chi connectivity index (χ4n) is 3.75. The molecule has 0 atom stereocenters. The molecular weight excluding hydrogens is 367 g/mol. The van der Waals surface area contributed by atoms with Crippen molar-refractivity contribution < 1.29 is 13.9 Å². The topological polar surface area (TPSA) is 50.4 Å². The van der Waals surface area contributed by atoms with Gasteiger partial charge >= 0.3 is 0 Å². The van der Waals surface area contributed by atoms with E-state index in [2.05, 4.69) is 16.7 Å². The van der Waals surface area contributed by atoms with Gasteiger partial charge in [0.15, 0.2) is 5.75 Å². The zero-order chi connectivity index (χ0) is 20.9. The molecule has 0 unspecified atom stereocenters. The molecule has 0 heterocycles. The maximum atomic E-state index is 12.7. The van der Waals surface area contributed by atoms with Gasteiger partial charge in [-0.05, 0) is 80.6 Å². The van der Waals surface area contributed by atoms with Crippen molar-refractivity contribution >= 4 is 12.2 Å². The number of benzene rings is 2. The van der Waals surface area contributed by atoms with Crippen LogP contribution >= 0.6 is 0 Å². The maximum Gasteiger partial charge on any atom is 0.298 e. The van der Waals surface area contributed by atoms with Gasteiger partial charge in [-0.3, -0.25) is 4.79 Å². The average molecular weight is 401 g/mol. The molecule has 2 aromatic carbocycles. The standard InChI is InChI=1S/C14H19NO2.C10H14FN/c1-15-13-8-7-12(9-14(13)17-10-16)11-5-3-2-4-6-11;1-12-7-3-5-9-4-2-6-10(11)8-9/h7-11,15H,2-6H2,1H3;2,4,6,8,12H,3,5,7H2,1H3. The third-order valence-corrected chi connectivity index (χ3v) is 5.31. The van der Waals surface area contributed by atoms with E-state index in [0.29, 0.717) is 18.1 Å². The highest BCUT2D eigenvalue weighted by Crippen LogP contribution is 2.36. The van der Waals surface area contributed by atoms with Gasteiger partial charge in [0, 0.05) is 7.05 Å². The smallest absolute Gasteiger partial charge is 0.298 e. The van der Waals surface area contributed by atoms with Crippen LogP contribution in [-0.2, 0) is 11.2 Å². The molecule has 0 spiro atoms. The summed E-state index contributed by atoms with van der Waals surface area (Å²) >= 11 is 0. The van der Waals surface area contributed by atoms with Crippen molar-refractivity contribution in [2.24, 2.45) is 0 Å². The quantitative estimate of drug-likeness (QED) is 0.467. The highest BCUT2D eigenvalue weighted by atomic mass is 19.1. The number of rotatable bonds is 8. The minimum Gasteiger partial charge on any atom is -0.427 e. The second-order valence-corrected chi connectivity index (χ2v) is 7.39. The van der Waals surface area contributed by atoms with Crippen LogP contribution in [-0.4, -0.2) is 27.1 Å². The Kier molecular flexibility index (Phi) is 10.2. The molecule has 2 aromatic rings. The Morgan fingerprint density at radius 1 is 1.10 bits per heavy atom. The summed E-state index contributed by atoms with van der Waals surface area (Å²) in [6, 6.07) is 12.9. The fourth-order valence-corrected chi connectivity index (χ4v) is 3.75. The number of anilines is 1. The molecule has 0 aromatic heterocycles. The maximum absolute atomic E-state index is 12.7. The molecule has 1 fully saturated rings. The van der Waals surface area contributed by atoms with Crippen molar-refractivity contribution in [3.63, 3.8) is 0 Å². The zero-order valence-electron chi connectivity index (χ0n) is 17.5. The predicted molar refractivity (Wildman–Crippen MR) is 117 cm³/mol. The van der Waals surface area contributed by atoms with Gasteiger partial charge in [-0.2, -0.15) is 0 Å². The molecule has 1 aliphatic carbocycles. The summed E-state index contributed by atoms with van der Waals surface area (Å²) in [5, 5.41) is 6.09. The second-order valence-electron chi connectivity index (χ2n) is 7.39. The van der Waals surface area contributed by atoms with Gasteiger partial charge in [-0.1, -0.05) is 37.5 Å². The third-order valence-electron chi connectivity index (χ3n) is 5.31. The number of hydrogen-bond donors (Lipinski definition) is 2. The summed E-state index contributed by atoms with van der Waals surface area (Å²) in [6.07, 6.45) is 8.46. The first-order valence-electron chi connectivity index (χ1n) is 10.5. The molecule has 4 nitrogen and oxygen atoms in total.